The van der Waals surface area contributed by atoms with Gasteiger partial charge in [-0.05, 0) is 30.3 Å². The number of hydrogen-bond donors (Lipinski definition) is 2. The van der Waals surface area contributed by atoms with Gasteiger partial charge < -0.3 is 5.73 Å². The highest BCUT2D eigenvalue weighted by atomic mass is 32.2. The van der Waals surface area contributed by atoms with Crippen LogP contribution in [0.3, 0.4) is 0 Å². The van der Waals surface area contributed by atoms with Crippen LogP contribution >= 0.6 is 0 Å². The largest absolute Gasteiger partial charge is 0.399 e. The van der Waals surface area contributed by atoms with Crippen LogP contribution in [0, 0.1) is 17.1 Å². The van der Waals surface area contributed by atoms with Crippen molar-refractivity contribution in [2.75, 3.05) is 10.5 Å². The maximum atomic E-state index is 13.5. The highest BCUT2D eigenvalue weighted by molar-refractivity contribution is 7.92. The SMILES string of the molecule is N#Cc1cc(N)ccc1S(=O)(=O)Nc1ccccc1F. The van der Waals surface area contributed by atoms with Crippen molar-refractivity contribution in [2.24, 2.45) is 0 Å². The van der Waals surface area contributed by atoms with E-state index in [1.54, 1.807) is 6.07 Å². The Morgan fingerprint density at radius 3 is 2.55 bits per heavy atom. The summed E-state index contributed by atoms with van der Waals surface area (Å²) in [6, 6.07) is 10.9. The van der Waals surface area contributed by atoms with Gasteiger partial charge in [0.1, 0.15) is 16.8 Å². The first-order chi connectivity index (χ1) is 9.44. The summed E-state index contributed by atoms with van der Waals surface area (Å²) in [4.78, 5) is -0.252. The fraction of sp³-hybridized carbons (Fsp3) is 0. The molecule has 20 heavy (non-hydrogen) atoms. The molecular weight excluding hydrogens is 281 g/mol. The molecule has 0 aliphatic carbocycles. The molecule has 7 heteroatoms. The normalized spacial score (nSPS) is 10.8. The second-order valence-corrected chi connectivity index (χ2v) is 5.60. The number of sulfonamides is 1. The summed E-state index contributed by atoms with van der Waals surface area (Å²) in [6.45, 7) is 0. The third-order valence-corrected chi connectivity index (χ3v) is 3.96. The van der Waals surface area contributed by atoms with E-state index in [9.17, 15) is 12.8 Å². The second kappa shape index (κ2) is 5.19. The van der Waals surface area contributed by atoms with Crippen LogP contribution in [0.4, 0.5) is 15.8 Å². The lowest BCUT2D eigenvalue weighted by Crippen LogP contribution is -2.15. The monoisotopic (exact) mass is 291 g/mol. The molecule has 0 atom stereocenters. The van der Waals surface area contributed by atoms with Crippen molar-refractivity contribution in [2.45, 2.75) is 4.90 Å². The molecule has 0 aromatic heterocycles. The van der Waals surface area contributed by atoms with Crippen molar-refractivity contribution in [3.8, 4) is 6.07 Å². The molecule has 2 aromatic rings. The average Bonchev–Trinajstić information content (AvgIpc) is 2.40. The summed E-state index contributed by atoms with van der Waals surface area (Å²) < 4.78 is 39.9. The number of benzene rings is 2. The number of halogens is 1. The fourth-order valence-electron chi connectivity index (χ4n) is 1.61. The Balaban J connectivity index is 2.47. The van der Waals surface area contributed by atoms with Gasteiger partial charge in [-0.15, -0.1) is 0 Å². The van der Waals surface area contributed by atoms with Crippen LogP contribution in [0.25, 0.3) is 0 Å². The third kappa shape index (κ3) is 2.70. The zero-order valence-electron chi connectivity index (χ0n) is 10.2. The lowest BCUT2D eigenvalue weighted by molar-refractivity contribution is 0.598. The molecule has 2 rings (SSSR count). The summed E-state index contributed by atoms with van der Waals surface area (Å²) in [5.74, 6) is -0.704. The summed E-state index contributed by atoms with van der Waals surface area (Å²) in [5.41, 5.74) is 5.48. The topological polar surface area (TPSA) is 96.0 Å². The molecule has 0 aliphatic heterocycles. The molecule has 0 spiro atoms. The molecule has 0 heterocycles. The van der Waals surface area contributed by atoms with Crippen LogP contribution in [0.15, 0.2) is 47.4 Å². The van der Waals surface area contributed by atoms with Crippen LogP contribution in [0.5, 0.6) is 0 Å². The van der Waals surface area contributed by atoms with Crippen molar-refractivity contribution in [1.82, 2.24) is 0 Å². The first-order valence-corrected chi connectivity index (χ1v) is 6.99. The Labute approximate surface area is 115 Å². The lowest BCUT2D eigenvalue weighted by Gasteiger charge is -2.10. The minimum Gasteiger partial charge on any atom is -0.399 e. The quantitative estimate of drug-likeness (QED) is 0.846. The van der Waals surface area contributed by atoms with E-state index in [1.165, 1.54) is 36.4 Å². The van der Waals surface area contributed by atoms with Crippen molar-refractivity contribution in [3.05, 3.63) is 53.8 Å². The Morgan fingerprint density at radius 2 is 1.90 bits per heavy atom. The van der Waals surface area contributed by atoms with E-state index in [0.717, 1.165) is 6.07 Å². The number of hydrogen-bond acceptors (Lipinski definition) is 4. The number of nitrogen functional groups attached to an aromatic ring is 1. The predicted octanol–water partition coefficient (Wildman–Crippen LogP) is 2.08. The molecule has 0 bridgehead atoms. The Morgan fingerprint density at radius 1 is 1.20 bits per heavy atom. The maximum absolute atomic E-state index is 13.5. The van der Waals surface area contributed by atoms with Crippen LogP contribution in [0.1, 0.15) is 5.56 Å². The van der Waals surface area contributed by atoms with E-state index in [2.05, 4.69) is 4.72 Å². The molecule has 3 N–H and O–H groups in total. The number of nitrogens with two attached hydrogens (primary N) is 1. The van der Waals surface area contributed by atoms with Crippen molar-refractivity contribution < 1.29 is 12.8 Å². The summed E-state index contributed by atoms with van der Waals surface area (Å²) >= 11 is 0. The smallest absolute Gasteiger partial charge is 0.263 e. The van der Waals surface area contributed by atoms with Crippen LogP contribution in [-0.2, 0) is 10.0 Å². The van der Waals surface area contributed by atoms with Gasteiger partial charge in [-0.25, -0.2) is 12.8 Å². The molecule has 5 nitrogen and oxygen atoms in total. The number of nitrogens with zero attached hydrogens (tertiary/aromatic N) is 1. The lowest BCUT2D eigenvalue weighted by atomic mass is 10.2. The Kier molecular flexibility index (Phi) is 3.59. The third-order valence-electron chi connectivity index (χ3n) is 2.53. The molecule has 2 aromatic carbocycles. The Bertz CT molecular complexity index is 798. The summed E-state index contributed by atoms with van der Waals surface area (Å²) in [5, 5.41) is 8.96. The molecule has 0 radical (unpaired) electrons. The number of nitrogens with one attached hydrogen (secondary N) is 1. The molecular formula is C13H10FN3O2S. The van der Waals surface area contributed by atoms with Crippen LogP contribution in [0.2, 0.25) is 0 Å². The van der Waals surface area contributed by atoms with E-state index < -0.39 is 15.8 Å². The molecule has 0 amide bonds. The number of para-hydroxylation sites is 1. The van der Waals surface area contributed by atoms with Crippen LogP contribution in [-0.4, -0.2) is 8.42 Å². The van der Waals surface area contributed by atoms with Gasteiger partial charge in [-0.2, -0.15) is 5.26 Å². The van der Waals surface area contributed by atoms with Crippen molar-refractivity contribution >= 4 is 21.4 Å². The molecule has 0 aliphatic rings. The zero-order valence-corrected chi connectivity index (χ0v) is 11.0. The van der Waals surface area contributed by atoms with E-state index in [0.29, 0.717) is 0 Å². The molecule has 0 saturated carbocycles. The van der Waals surface area contributed by atoms with Crippen molar-refractivity contribution in [1.29, 1.82) is 5.26 Å². The van der Waals surface area contributed by atoms with Gasteiger partial charge in [-0.3, -0.25) is 4.72 Å². The van der Waals surface area contributed by atoms with E-state index in [-0.39, 0.29) is 21.8 Å². The maximum Gasteiger partial charge on any atom is 0.263 e. The number of anilines is 2. The van der Waals surface area contributed by atoms with Gasteiger partial charge in [0.2, 0.25) is 0 Å². The standard InChI is InChI=1S/C13H10FN3O2S/c14-11-3-1-2-4-12(11)17-20(18,19)13-6-5-10(16)7-9(13)8-15/h1-7,17H,16H2. The van der Waals surface area contributed by atoms with Crippen molar-refractivity contribution in [3.63, 3.8) is 0 Å². The Hall–Kier alpha value is -2.59. The predicted molar refractivity (Wildman–Crippen MR) is 72.8 cm³/mol. The average molecular weight is 291 g/mol. The van der Waals surface area contributed by atoms with Gasteiger partial charge >= 0.3 is 0 Å². The highest BCUT2D eigenvalue weighted by Crippen LogP contribution is 2.22. The van der Waals surface area contributed by atoms with E-state index >= 15 is 0 Å². The van der Waals surface area contributed by atoms with E-state index in [4.69, 9.17) is 11.0 Å². The van der Waals surface area contributed by atoms with Crippen LogP contribution < -0.4 is 10.5 Å². The van der Waals surface area contributed by atoms with E-state index in [1.807, 2.05) is 0 Å². The minimum atomic E-state index is -4.06. The number of nitriles is 1. The first-order valence-electron chi connectivity index (χ1n) is 5.51. The van der Waals surface area contributed by atoms with Gasteiger partial charge in [0.05, 0.1) is 11.3 Å². The molecule has 0 fully saturated rings. The first kappa shape index (κ1) is 13.8. The second-order valence-electron chi connectivity index (χ2n) is 3.95. The molecule has 0 unspecified atom stereocenters. The minimum absolute atomic E-state index is 0.103. The van der Waals surface area contributed by atoms with Gasteiger partial charge in [0, 0.05) is 5.69 Å². The van der Waals surface area contributed by atoms with Gasteiger partial charge in [0.15, 0.2) is 0 Å². The molecule has 0 saturated heterocycles. The zero-order chi connectivity index (χ0) is 14.8. The van der Waals surface area contributed by atoms with Gasteiger partial charge in [-0.1, -0.05) is 12.1 Å². The summed E-state index contributed by atoms with van der Waals surface area (Å²) in [7, 11) is -4.06. The number of rotatable bonds is 3. The van der Waals surface area contributed by atoms with Gasteiger partial charge in [0.25, 0.3) is 10.0 Å². The highest BCUT2D eigenvalue weighted by Gasteiger charge is 2.20. The summed E-state index contributed by atoms with van der Waals surface area (Å²) in [6.07, 6.45) is 0. The fourth-order valence-corrected chi connectivity index (χ4v) is 2.82. The molecule has 102 valence electrons.